The van der Waals surface area contributed by atoms with Gasteiger partial charge in [0.15, 0.2) is 28.8 Å². The minimum atomic E-state index is -4.32. The maximum Gasteiger partial charge on any atom is 0.389 e. The fourth-order valence-electron chi connectivity index (χ4n) is 6.67. The number of nitrogen functional groups attached to an aromatic ring is 2. The number of allylic oxidation sites excluding steroid dienone is 1. The van der Waals surface area contributed by atoms with Crippen LogP contribution in [-0.4, -0.2) is 79.3 Å². The first-order valence-electron chi connectivity index (χ1n) is 21.5. The molecule has 5 rings (SSSR count). The highest BCUT2D eigenvalue weighted by Gasteiger charge is 2.43. The number of rotatable bonds is 23. The number of ketones is 2. The van der Waals surface area contributed by atoms with E-state index < -0.39 is 66.8 Å². The van der Waals surface area contributed by atoms with E-state index in [0.717, 1.165) is 12.2 Å². The van der Waals surface area contributed by atoms with Crippen molar-refractivity contribution < 1.29 is 84.2 Å². The summed E-state index contributed by atoms with van der Waals surface area (Å²) in [5.74, 6) is -7.51. The summed E-state index contributed by atoms with van der Waals surface area (Å²) in [4.78, 5) is 52.7. The number of hydrogen-bond donors (Lipinski definition) is 4. The van der Waals surface area contributed by atoms with Gasteiger partial charge < -0.3 is 50.1 Å². The Morgan fingerprint density at radius 3 is 1.46 bits per heavy atom. The maximum absolute atomic E-state index is 13.5. The standard InChI is InChI=1S/C51H48F6N2O12/c1-66-44-27-33(11-20-42(44)68-25-3-23-49(52,53)54)47(62)70-37-15-6-31(7-16-37)5-14-36(60)30-40(39-19-13-35(58)29-41(39)59)51(64,65)46(61)22-10-32-8-17-38(18-9-32)71-48(63)34-12-21-43(45(28-34)67-2)69-26-4-24-50(55,56)57/h5-22,27-29,40,64-65H,3-4,23-26,30,58-59H2,1-2H3. The lowest BCUT2D eigenvalue weighted by Crippen LogP contribution is -2.44. The van der Waals surface area contributed by atoms with Crippen molar-refractivity contribution in [2.45, 2.75) is 56.2 Å². The van der Waals surface area contributed by atoms with E-state index in [2.05, 4.69) is 0 Å². The second-order valence-corrected chi connectivity index (χ2v) is 15.7. The van der Waals surface area contributed by atoms with Crippen molar-refractivity contribution in [2.24, 2.45) is 0 Å². The minimum Gasteiger partial charge on any atom is -0.493 e. The van der Waals surface area contributed by atoms with Crippen LogP contribution in [0.5, 0.6) is 34.5 Å². The minimum absolute atomic E-state index is 0.0172. The van der Waals surface area contributed by atoms with Gasteiger partial charge in [-0.1, -0.05) is 42.5 Å². The number of anilines is 2. The van der Waals surface area contributed by atoms with E-state index in [-0.39, 0.29) is 88.6 Å². The normalized spacial score (nSPS) is 12.4. The Kier molecular flexibility index (Phi) is 18.4. The average molecular weight is 995 g/mol. The molecular formula is C51H48F6N2O12. The summed E-state index contributed by atoms with van der Waals surface area (Å²) in [6.07, 6.45) is -7.13. The van der Waals surface area contributed by atoms with E-state index in [4.69, 9.17) is 39.9 Å². The number of esters is 2. The second-order valence-electron chi connectivity index (χ2n) is 15.7. The summed E-state index contributed by atoms with van der Waals surface area (Å²) in [5.41, 5.74) is 13.3. The summed E-state index contributed by atoms with van der Waals surface area (Å²) in [7, 11) is 2.60. The van der Waals surface area contributed by atoms with Gasteiger partial charge in [-0.25, -0.2) is 9.59 Å². The molecule has 0 heterocycles. The fourth-order valence-corrected chi connectivity index (χ4v) is 6.67. The molecule has 20 heteroatoms. The number of carbonyl (C=O) groups excluding carboxylic acids is 4. The van der Waals surface area contributed by atoms with E-state index in [9.17, 15) is 55.7 Å². The van der Waals surface area contributed by atoms with Gasteiger partial charge in [-0.2, -0.15) is 26.3 Å². The first-order valence-corrected chi connectivity index (χ1v) is 21.5. The summed E-state index contributed by atoms with van der Waals surface area (Å²) < 4.78 is 107. The molecule has 376 valence electrons. The lowest BCUT2D eigenvalue weighted by atomic mass is 9.82. The molecule has 71 heavy (non-hydrogen) atoms. The maximum atomic E-state index is 13.5. The number of hydrogen-bond acceptors (Lipinski definition) is 14. The molecule has 0 saturated carbocycles. The molecule has 0 spiro atoms. The SMILES string of the molecule is COc1cc(C(=O)Oc2ccc(C=CC(=O)CC(c3ccc(N)cc3N)C(O)(O)C(=O)C=Cc3ccc(OC(=O)c4ccc(OCCCC(F)(F)F)c(OC)c4)cc3)cc2)ccc1OCCCC(F)(F)F. The van der Waals surface area contributed by atoms with Gasteiger partial charge in [0.1, 0.15) is 11.5 Å². The average Bonchev–Trinajstić information content (AvgIpc) is 3.32. The van der Waals surface area contributed by atoms with Gasteiger partial charge in [-0.05, 0) is 114 Å². The molecule has 0 saturated heterocycles. The zero-order valence-electron chi connectivity index (χ0n) is 38.1. The molecule has 5 aromatic carbocycles. The zero-order valence-corrected chi connectivity index (χ0v) is 38.1. The fraction of sp³-hybridized carbons (Fsp3) is 0.255. The van der Waals surface area contributed by atoms with Gasteiger partial charge in [-0.15, -0.1) is 0 Å². The Morgan fingerprint density at radius 2 is 1.04 bits per heavy atom. The van der Waals surface area contributed by atoms with Gasteiger partial charge in [0.2, 0.25) is 11.6 Å². The molecule has 0 aliphatic heterocycles. The third-order valence-electron chi connectivity index (χ3n) is 10.3. The molecule has 0 fully saturated rings. The largest absolute Gasteiger partial charge is 0.493 e. The van der Waals surface area contributed by atoms with Gasteiger partial charge in [-0.3, -0.25) is 9.59 Å². The number of ether oxygens (including phenoxy) is 6. The molecule has 1 unspecified atom stereocenters. The summed E-state index contributed by atoms with van der Waals surface area (Å²) in [6.45, 7) is -0.456. The second kappa shape index (κ2) is 24.1. The predicted octanol–water partition coefficient (Wildman–Crippen LogP) is 9.47. The van der Waals surface area contributed by atoms with Crippen LogP contribution < -0.4 is 39.9 Å². The van der Waals surface area contributed by atoms with Gasteiger partial charge >= 0.3 is 24.3 Å². The van der Waals surface area contributed by atoms with Crippen molar-refractivity contribution in [2.75, 3.05) is 38.9 Å². The monoisotopic (exact) mass is 994 g/mol. The highest BCUT2D eigenvalue weighted by molar-refractivity contribution is 6.01. The van der Waals surface area contributed by atoms with Gasteiger partial charge in [0.05, 0.1) is 44.5 Å². The molecule has 0 bridgehead atoms. The molecule has 0 radical (unpaired) electrons. The van der Waals surface area contributed by atoms with Crippen LogP contribution in [0.4, 0.5) is 37.7 Å². The summed E-state index contributed by atoms with van der Waals surface area (Å²) >= 11 is 0. The molecule has 5 aromatic rings. The molecule has 0 aliphatic carbocycles. The molecule has 1 atom stereocenters. The Morgan fingerprint density at radius 1 is 0.592 bits per heavy atom. The first kappa shape index (κ1) is 54.1. The number of aliphatic hydroxyl groups is 2. The summed E-state index contributed by atoms with van der Waals surface area (Å²) in [6, 6.07) is 23.9. The number of carbonyl (C=O) groups is 4. The Bertz CT molecular complexity index is 2720. The van der Waals surface area contributed by atoms with Crippen LogP contribution in [0.25, 0.3) is 12.2 Å². The van der Waals surface area contributed by atoms with Crippen LogP contribution in [0.2, 0.25) is 0 Å². The van der Waals surface area contributed by atoms with Crippen LogP contribution >= 0.6 is 0 Å². The third kappa shape index (κ3) is 16.4. The van der Waals surface area contributed by atoms with Crippen molar-refractivity contribution in [3.8, 4) is 34.5 Å². The highest BCUT2D eigenvalue weighted by atomic mass is 19.4. The van der Waals surface area contributed by atoms with Crippen molar-refractivity contribution in [3.05, 3.63) is 143 Å². The third-order valence-corrected chi connectivity index (χ3v) is 10.3. The molecule has 6 N–H and O–H groups in total. The number of alkyl halides is 6. The van der Waals surface area contributed by atoms with E-state index in [0.29, 0.717) is 11.1 Å². The van der Waals surface area contributed by atoms with Crippen LogP contribution in [-0.2, 0) is 9.59 Å². The Balaban J connectivity index is 1.20. The van der Waals surface area contributed by atoms with Crippen molar-refractivity contribution in [1.29, 1.82) is 0 Å². The quantitative estimate of drug-likeness (QED) is 0.00912. The molecule has 0 aliphatic rings. The predicted molar refractivity (Wildman–Crippen MR) is 248 cm³/mol. The van der Waals surface area contributed by atoms with Crippen molar-refractivity contribution in [3.63, 3.8) is 0 Å². The number of benzene rings is 5. The van der Waals surface area contributed by atoms with E-state index in [1.54, 1.807) is 0 Å². The van der Waals surface area contributed by atoms with Crippen LogP contribution in [0.3, 0.4) is 0 Å². The smallest absolute Gasteiger partial charge is 0.389 e. The number of methoxy groups -OCH3 is 2. The van der Waals surface area contributed by atoms with Crippen molar-refractivity contribution >= 4 is 47.0 Å². The Hall–Kier alpha value is -7.84. The Labute approximate surface area is 403 Å². The summed E-state index contributed by atoms with van der Waals surface area (Å²) in [5, 5.41) is 22.7. The molecule has 14 nitrogen and oxygen atoms in total. The molecular weight excluding hydrogens is 947 g/mol. The lowest BCUT2D eigenvalue weighted by Gasteiger charge is -2.30. The highest BCUT2D eigenvalue weighted by Crippen LogP contribution is 2.37. The van der Waals surface area contributed by atoms with Gasteiger partial charge in [0, 0.05) is 30.6 Å². The van der Waals surface area contributed by atoms with E-state index in [1.807, 2.05) is 0 Å². The molecule has 0 aromatic heterocycles. The molecule has 0 amide bonds. The number of nitrogens with two attached hydrogens (primary N) is 2. The van der Waals surface area contributed by atoms with E-state index in [1.165, 1.54) is 129 Å². The van der Waals surface area contributed by atoms with Crippen LogP contribution in [0.1, 0.15) is 75.4 Å². The van der Waals surface area contributed by atoms with Gasteiger partial charge in [0.25, 0.3) is 0 Å². The lowest BCUT2D eigenvalue weighted by molar-refractivity contribution is -0.187. The zero-order chi connectivity index (χ0) is 51.9. The van der Waals surface area contributed by atoms with E-state index >= 15 is 0 Å². The number of halogens is 6. The first-order chi connectivity index (χ1) is 33.5. The van der Waals surface area contributed by atoms with Crippen molar-refractivity contribution in [1.82, 2.24) is 0 Å². The topological polar surface area (TPSA) is 216 Å². The van der Waals surface area contributed by atoms with Crippen LogP contribution in [0, 0.1) is 0 Å². The van der Waals surface area contributed by atoms with Crippen LogP contribution in [0.15, 0.2) is 115 Å².